The maximum atomic E-state index is 12.7. The first-order chi connectivity index (χ1) is 12.0. The number of barbiturate groups is 1. The number of hydrogen-bond acceptors (Lipinski definition) is 4. The minimum Gasteiger partial charge on any atom is -0.465 e. The van der Waals surface area contributed by atoms with E-state index >= 15 is 0 Å². The van der Waals surface area contributed by atoms with E-state index in [4.69, 9.17) is 4.42 Å². The van der Waals surface area contributed by atoms with Crippen LogP contribution in [0.2, 0.25) is 0 Å². The third kappa shape index (κ3) is 3.42. The predicted molar refractivity (Wildman–Crippen MR) is 92.8 cm³/mol. The highest BCUT2D eigenvalue weighted by atomic mass is 16.3. The van der Waals surface area contributed by atoms with Crippen LogP contribution in [0.15, 0.2) is 58.7 Å². The summed E-state index contributed by atoms with van der Waals surface area (Å²) in [5.41, 5.74) is 2.13. The lowest BCUT2D eigenvalue weighted by molar-refractivity contribution is -0.122. The van der Waals surface area contributed by atoms with Crippen LogP contribution in [-0.4, -0.2) is 17.8 Å². The molecule has 2 heterocycles. The number of nitrogens with zero attached hydrogens (tertiary/aromatic N) is 1. The fraction of sp³-hybridized carbons (Fsp3) is 0.105. The smallest absolute Gasteiger partial charge is 0.335 e. The van der Waals surface area contributed by atoms with Crippen LogP contribution in [0.3, 0.4) is 0 Å². The Labute approximate surface area is 144 Å². The van der Waals surface area contributed by atoms with E-state index in [0.29, 0.717) is 11.4 Å². The van der Waals surface area contributed by atoms with E-state index < -0.39 is 17.8 Å². The molecule has 1 aliphatic rings. The molecule has 6 heteroatoms. The van der Waals surface area contributed by atoms with Gasteiger partial charge in [-0.3, -0.25) is 14.9 Å². The van der Waals surface area contributed by atoms with E-state index in [2.05, 4.69) is 5.32 Å². The Balaban J connectivity index is 1.94. The summed E-state index contributed by atoms with van der Waals surface area (Å²) in [7, 11) is 0. The van der Waals surface area contributed by atoms with Crippen molar-refractivity contribution in [2.75, 3.05) is 4.90 Å². The van der Waals surface area contributed by atoms with Gasteiger partial charge in [0.1, 0.15) is 11.3 Å². The molecule has 1 aliphatic heterocycles. The number of hydrogen-bond donors (Lipinski definition) is 1. The molecule has 0 spiro atoms. The molecule has 2 aromatic rings. The Morgan fingerprint density at radius 3 is 2.44 bits per heavy atom. The number of urea groups is 1. The molecule has 126 valence electrons. The molecule has 0 atom stereocenters. The number of benzene rings is 1. The molecule has 1 fully saturated rings. The average molecular weight is 336 g/mol. The maximum absolute atomic E-state index is 12.7. The van der Waals surface area contributed by atoms with E-state index in [1.165, 1.54) is 18.4 Å². The quantitative estimate of drug-likeness (QED) is 0.690. The molecular weight excluding hydrogens is 320 g/mol. The maximum Gasteiger partial charge on any atom is 0.335 e. The third-order valence-corrected chi connectivity index (χ3v) is 3.63. The van der Waals surface area contributed by atoms with Crippen LogP contribution in [0.5, 0.6) is 0 Å². The second-order valence-electron chi connectivity index (χ2n) is 5.70. The summed E-state index contributed by atoms with van der Waals surface area (Å²) >= 11 is 0. The lowest BCUT2D eigenvalue weighted by Crippen LogP contribution is -2.54. The number of furan rings is 1. The predicted octanol–water partition coefficient (Wildman–Crippen LogP) is 3.12. The SMILES string of the molecule is Cc1cc(C)cc(N2C(=O)NC(=O)C(=CC=Cc3ccco3)C2=O)c1. The van der Waals surface area contributed by atoms with Crippen molar-refractivity contribution < 1.29 is 18.8 Å². The second kappa shape index (κ2) is 6.60. The average Bonchev–Trinajstić information content (AvgIpc) is 3.02. The van der Waals surface area contributed by atoms with Crippen molar-refractivity contribution in [3.8, 4) is 0 Å². The van der Waals surface area contributed by atoms with Gasteiger partial charge in [-0.05, 0) is 61.4 Å². The molecule has 6 nitrogen and oxygen atoms in total. The normalized spacial score (nSPS) is 16.8. The molecule has 1 saturated heterocycles. The van der Waals surface area contributed by atoms with Crippen molar-refractivity contribution in [2.24, 2.45) is 0 Å². The van der Waals surface area contributed by atoms with E-state index in [0.717, 1.165) is 16.0 Å². The first kappa shape index (κ1) is 16.4. The standard InChI is InChI=1S/C19H16N2O4/c1-12-9-13(2)11-14(10-12)21-18(23)16(17(22)20-19(21)24)7-3-5-15-6-4-8-25-15/h3-11H,1-2H3,(H,20,22,24). The molecule has 4 amide bonds. The van der Waals surface area contributed by atoms with Crippen molar-refractivity contribution in [1.29, 1.82) is 0 Å². The van der Waals surface area contributed by atoms with Gasteiger partial charge in [-0.2, -0.15) is 0 Å². The van der Waals surface area contributed by atoms with Gasteiger partial charge in [0, 0.05) is 0 Å². The van der Waals surface area contributed by atoms with Gasteiger partial charge >= 0.3 is 6.03 Å². The molecular formula is C19H16N2O4. The Morgan fingerprint density at radius 1 is 1.08 bits per heavy atom. The van der Waals surface area contributed by atoms with Gasteiger partial charge in [-0.1, -0.05) is 12.1 Å². The lowest BCUT2D eigenvalue weighted by atomic mass is 10.1. The Morgan fingerprint density at radius 2 is 1.80 bits per heavy atom. The highest BCUT2D eigenvalue weighted by Crippen LogP contribution is 2.23. The molecule has 0 radical (unpaired) electrons. The largest absolute Gasteiger partial charge is 0.465 e. The van der Waals surface area contributed by atoms with Crippen LogP contribution < -0.4 is 10.2 Å². The molecule has 0 aliphatic carbocycles. The minimum absolute atomic E-state index is 0.124. The molecule has 0 bridgehead atoms. The summed E-state index contributed by atoms with van der Waals surface area (Å²) in [6.07, 6.45) is 6.03. The number of nitrogens with one attached hydrogen (secondary N) is 1. The van der Waals surface area contributed by atoms with Crippen LogP contribution in [-0.2, 0) is 9.59 Å². The molecule has 1 aromatic carbocycles. The van der Waals surface area contributed by atoms with E-state index in [1.807, 2.05) is 19.9 Å². The van der Waals surface area contributed by atoms with Crippen LogP contribution in [0.4, 0.5) is 10.5 Å². The summed E-state index contributed by atoms with van der Waals surface area (Å²) in [4.78, 5) is 37.8. The van der Waals surface area contributed by atoms with Crippen LogP contribution >= 0.6 is 0 Å². The number of rotatable bonds is 3. The molecule has 3 rings (SSSR count). The van der Waals surface area contributed by atoms with Gasteiger partial charge in [0.15, 0.2) is 0 Å². The van der Waals surface area contributed by atoms with Gasteiger partial charge in [0.25, 0.3) is 11.8 Å². The fourth-order valence-corrected chi connectivity index (χ4v) is 2.62. The summed E-state index contributed by atoms with van der Waals surface area (Å²) in [6, 6.07) is 8.08. The molecule has 25 heavy (non-hydrogen) atoms. The highest BCUT2D eigenvalue weighted by molar-refractivity contribution is 6.37. The molecule has 0 unspecified atom stereocenters. The summed E-state index contributed by atoms with van der Waals surface area (Å²) in [5, 5.41) is 2.19. The zero-order valence-corrected chi connectivity index (χ0v) is 13.8. The second-order valence-corrected chi connectivity index (χ2v) is 5.70. The topological polar surface area (TPSA) is 79.6 Å². The zero-order valence-electron chi connectivity index (χ0n) is 13.8. The minimum atomic E-state index is -0.757. The lowest BCUT2D eigenvalue weighted by Gasteiger charge is -2.26. The molecule has 1 aromatic heterocycles. The first-order valence-corrected chi connectivity index (χ1v) is 7.65. The van der Waals surface area contributed by atoms with Crippen molar-refractivity contribution in [2.45, 2.75) is 13.8 Å². The van der Waals surface area contributed by atoms with Crippen molar-refractivity contribution in [3.05, 3.63) is 71.2 Å². The van der Waals surface area contributed by atoms with Crippen molar-refractivity contribution in [3.63, 3.8) is 0 Å². The number of imide groups is 2. The van der Waals surface area contributed by atoms with Gasteiger partial charge in [0.05, 0.1) is 12.0 Å². The van der Waals surface area contributed by atoms with E-state index in [1.54, 1.807) is 30.3 Å². The summed E-state index contributed by atoms with van der Waals surface area (Å²) in [5.74, 6) is -0.801. The monoisotopic (exact) mass is 336 g/mol. The number of carbonyl (C=O) groups excluding carboxylic acids is 3. The number of allylic oxidation sites excluding steroid dienone is 2. The zero-order chi connectivity index (χ0) is 18.0. The van der Waals surface area contributed by atoms with Crippen LogP contribution in [0.25, 0.3) is 6.08 Å². The van der Waals surface area contributed by atoms with Crippen LogP contribution in [0.1, 0.15) is 16.9 Å². The van der Waals surface area contributed by atoms with E-state index in [9.17, 15) is 14.4 Å². The highest BCUT2D eigenvalue weighted by Gasteiger charge is 2.36. The number of aryl methyl sites for hydroxylation is 2. The van der Waals surface area contributed by atoms with Crippen molar-refractivity contribution >= 4 is 29.6 Å². The van der Waals surface area contributed by atoms with Gasteiger partial charge in [0.2, 0.25) is 0 Å². The summed E-state index contributed by atoms with van der Waals surface area (Å²) in [6.45, 7) is 3.74. The fourth-order valence-electron chi connectivity index (χ4n) is 2.62. The van der Waals surface area contributed by atoms with Gasteiger partial charge in [-0.25, -0.2) is 9.69 Å². The number of amides is 4. The first-order valence-electron chi connectivity index (χ1n) is 7.65. The van der Waals surface area contributed by atoms with Gasteiger partial charge < -0.3 is 4.42 Å². The molecule has 1 N–H and O–H groups in total. The number of carbonyl (C=O) groups is 3. The molecule has 0 saturated carbocycles. The van der Waals surface area contributed by atoms with Crippen LogP contribution in [0, 0.1) is 13.8 Å². The van der Waals surface area contributed by atoms with E-state index in [-0.39, 0.29) is 5.57 Å². The Kier molecular flexibility index (Phi) is 4.35. The Bertz CT molecular complexity index is 887. The Hall–Kier alpha value is -3.41. The number of anilines is 1. The summed E-state index contributed by atoms with van der Waals surface area (Å²) < 4.78 is 5.14. The van der Waals surface area contributed by atoms with Gasteiger partial charge in [-0.15, -0.1) is 0 Å². The third-order valence-electron chi connectivity index (χ3n) is 3.63. The van der Waals surface area contributed by atoms with Crippen molar-refractivity contribution in [1.82, 2.24) is 5.32 Å².